The topological polar surface area (TPSA) is 90.8 Å². The first-order valence-corrected chi connectivity index (χ1v) is 9.77. The quantitative estimate of drug-likeness (QED) is 0.373. The van der Waals surface area contributed by atoms with Crippen LogP contribution in [0.4, 0.5) is 0 Å². The number of hydrazone groups is 1. The number of halogens is 4. The zero-order valence-corrected chi connectivity index (χ0v) is 18.4. The Morgan fingerprint density at radius 2 is 1.81 bits per heavy atom. The van der Waals surface area contributed by atoms with Crippen LogP contribution in [0.3, 0.4) is 0 Å². The number of nitrogens with one attached hydrogen (secondary N) is 2. The molecule has 0 bridgehead atoms. The summed E-state index contributed by atoms with van der Waals surface area (Å²) >= 11 is 15.6. The van der Waals surface area contributed by atoms with Crippen LogP contribution in [0.15, 0.2) is 48.9 Å². The van der Waals surface area contributed by atoms with Gasteiger partial charge in [-0.15, -0.1) is 0 Å². The minimum atomic E-state index is -0.503. The van der Waals surface area contributed by atoms with Gasteiger partial charge in [0.25, 0.3) is 11.8 Å². The van der Waals surface area contributed by atoms with Gasteiger partial charge in [-0.2, -0.15) is 5.10 Å². The number of rotatable bonds is 5. The lowest BCUT2D eigenvalue weighted by molar-refractivity contribution is -0.120. The molecule has 0 radical (unpaired) electrons. The first kappa shape index (κ1) is 20.9. The lowest BCUT2D eigenvalue weighted by Gasteiger charge is -2.07. The normalized spacial score (nSPS) is 10.8. The molecule has 0 aromatic heterocycles. The van der Waals surface area contributed by atoms with E-state index in [-0.39, 0.29) is 12.3 Å². The molecule has 0 aliphatic carbocycles. The van der Waals surface area contributed by atoms with Crippen molar-refractivity contribution in [2.45, 2.75) is 0 Å². The van der Waals surface area contributed by atoms with Gasteiger partial charge in [-0.3, -0.25) is 9.59 Å². The summed E-state index contributed by atoms with van der Waals surface area (Å²) in [6.45, 7) is -0.243. The molecule has 0 aliphatic rings. The van der Waals surface area contributed by atoms with E-state index in [0.717, 1.165) is 0 Å². The molecule has 0 unspecified atom stereocenters. The number of nitrogens with zero attached hydrogens (tertiary/aromatic N) is 1. The Balaban J connectivity index is 1.91. The van der Waals surface area contributed by atoms with Gasteiger partial charge in [0.15, 0.2) is 0 Å². The maximum Gasteiger partial charge on any atom is 0.259 e. The van der Waals surface area contributed by atoms with Crippen LogP contribution < -0.4 is 10.7 Å². The Bertz CT molecular complexity index is 873. The van der Waals surface area contributed by atoms with Gasteiger partial charge in [-0.1, -0.05) is 27.5 Å². The third-order valence-corrected chi connectivity index (χ3v) is 5.40. The summed E-state index contributed by atoms with van der Waals surface area (Å²) < 4.78 is 1.57. The summed E-state index contributed by atoms with van der Waals surface area (Å²) in [5, 5.41) is 16.7. The molecule has 2 aromatic rings. The highest BCUT2D eigenvalue weighted by Crippen LogP contribution is 2.38. The molecule has 0 saturated carbocycles. The molecule has 2 rings (SSSR count). The van der Waals surface area contributed by atoms with Crippen LogP contribution in [-0.4, -0.2) is 29.7 Å². The van der Waals surface area contributed by atoms with E-state index in [1.807, 2.05) is 0 Å². The fourth-order valence-corrected chi connectivity index (χ4v) is 4.24. The predicted molar refractivity (Wildman–Crippen MR) is 111 cm³/mol. The molecule has 3 N–H and O–H groups in total. The van der Waals surface area contributed by atoms with Crippen molar-refractivity contribution in [3.63, 3.8) is 0 Å². The molecule has 10 heteroatoms. The van der Waals surface area contributed by atoms with Crippen molar-refractivity contribution in [1.29, 1.82) is 0 Å². The van der Waals surface area contributed by atoms with E-state index in [4.69, 9.17) is 11.6 Å². The number of benzene rings is 2. The summed E-state index contributed by atoms with van der Waals surface area (Å²) in [7, 11) is 0. The molecule has 0 atom stereocenters. The van der Waals surface area contributed by atoms with Crippen molar-refractivity contribution in [1.82, 2.24) is 10.7 Å². The highest BCUT2D eigenvalue weighted by molar-refractivity contribution is 9.11. The third-order valence-electron chi connectivity index (χ3n) is 3.08. The van der Waals surface area contributed by atoms with Crippen LogP contribution in [0.2, 0.25) is 5.02 Å². The zero-order chi connectivity index (χ0) is 19.3. The Morgan fingerprint density at radius 3 is 2.46 bits per heavy atom. The first-order chi connectivity index (χ1) is 12.3. The molecule has 2 aromatic carbocycles. The van der Waals surface area contributed by atoms with Gasteiger partial charge in [0.05, 0.1) is 21.7 Å². The van der Waals surface area contributed by atoms with Crippen molar-refractivity contribution in [3.05, 3.63) is 59.9 Å². The van der Waals surface area contributed by atoms with Crippen LogP contribution in [-0.2, 0) is 4.79 Å². The van der Waals surface area contributed by atoms with Crippen molar-refractivity contribution in [2.24, 2.45) is 5.10 Å². The molecule has 136 valence electrons. The summed E-state index contributed by atoms with van der Waals surface area (Å²) in [6, 6.07) is 7.94. The molecular formula is C16H11Br3ClN3O3. The smallest absolute Gasteiger partial charge is 0.259 e. The number of phenols is 1. The van der Waals surface area contributed by atoms with Crippen molar-refractivity contribution in [2.75, 3.05) is 6.54 Å². The van der Waals surface area contributed by atoms with Gasteiger partial charge in [0.2, 0.25) is 0 Å². The van der Waals surface area contributed by atoms with Crippen LogP contribution in [0.1, 0.15) is 15.9 Å². The highest BCUT2D eigenvalue weighted by Gasteiger charge is 2.12. The summed E-state index contributed by atoms with van der Waals surface area (Å²) in [5.41, 5.74) is 3.23. The molecule has 0 fully saturated rings. The van der Waals surface area contributed by atoms with Crippen molar-refractivity contribution in [3.8, 4) is 5.75 Å². The summed E-state index contributed by atoms with van der Waals surface area (Å²) in [5.74, 6) is -0.891. The molecule has 0 aliphatic heterocycles. The van der Waals surface area contributed by atoms with Crippen LogP contribution >= 0.6 is 59.4 Å². The van der Waals surface area contributed by atoms with Crippen LogP contribution in [0.5, 0.6) is 5.75 Å². The fourth-order valence-electron chi connectivity index (χ4n) is 1.79. The molecule has 0 saturated heterocycles. The third kappa shape index (κ3) is 5.54. The van der Waals surface area contributed by atoms with Gasteiger partial charge in [-0.25, -0.2) is 5.43 Å². The molecule has 26 heavy (non-hydrogen) atoms. The second-order valence-corrected chi connectivity index (χ2v) is 7.84. The van der Waals surface area contributed by atoms with E-state index in [0.29, 0.717) is 29.6 Å². The second-order valence-electron chi connectivity index (χ2n) is 4.90. The second kappa shape index (κ2) is 9.50. The highest BCUT2D eigenvalue weighted by atomic mass is 79.9. The lowest BCUT2D eigenvalue weighted by atomic mass is 10.2. The maximum absolute atomic E-state index is 11.9. The first-order valence-electron chi connectivity index (χ1n) is 7.01. The number of amides is 2. The number of phenolic OH excluding ortho intramolecular Hbond substituents is 1. The Labute approximate surface area is 179 Å². The zero-order valence-electron chi connectivity index (χ0n) is 12.9. The lowest BCUT2D eigenvalue weighted by Crippen LogP contribution is -2.34. The van der Waals surface area contributed by atoms with Crippen LogP contribution in [0, 0.1) is 0 Å². The van der Waals surface area contributed by atoms with Gasteiger partial charge in [-0.05, 0) is 62.2 Å². The van der Waals surface area contributed by atoms with E-state index in [1.165, 1.54) is 6.21 Å². The van der Waals surface area contributed by atoms with E-state index in [9.17, 15) is 14.7 Å². The fraction of sp³-hybridized carbons (Fsp3) is 0.0625. The number of carbonyl (C=O) groups excluding carboxylic acids is 2. The summed E-state index contributed by atoms with van der Waals surface area (Å²) in [4.78, 5) is 23.7. The SMILES string of the molecule is O=C(CNC(=O)c1ccc(Cl)cc1)N/N=C/c1c(Br)cc(Br)c(O)c1Br. The Kier molecular flexibility index (Phi) is 7.63. The van der Waals surface area contributed by atoms with Crippen LogP contribution in [0.25, 0.3) is 0 Å². The van der Waals surface area contributed by atoms with Crippen molar-refractivity contribution < 1.29 is 14.7 Å². The average Bonchev–Trinajstić information content (AvgIpc) is 2.61. The molecular weight excluding hydrogens is 557 g/mol. The van der Waals surface area contributed by atoms with E-state index < -0.39 is 11.8 Å². The van der Waals surface area contributed by atoms with Gasteiger partial charge < -0.3 is 10.4 Å². The Hall–Kier alpha value is -1.42. The van der Waals surface area contributed by atoms with E-state index in [2.05, 4.69) is 63.6 Å². The molecule has 0 heterocycles. The monoisotopic (exact) mass is 565 g/mol. The number of hydrogen-bond acceptors (Lipinski definition) is 4. The standard InChI is InChI=1S/C16H11Br3ClN3O3/c17-11-5-12(18)15(25)14(19)10(11)6-22-23-13(24)7-21-16(26)8-1-3-9(20)4-2-8/h1-6,25H,7H2,(H,21,26)(H,23,24)/b22-6+. The van der Waals surface area contributed by atoms with Gasteiger partial charge in [0, 0.05) is 20.6 Å². The largest absolute Gasteiger partial charge is 0.506 e. The van der Waals surface area contributed by atoms with Crippen molar-refractivity contribution >= 4 is 77.4 Å². The molecule has 2 amide bonds. The number of carbonyl (C=O) groups is 2. The minimum absolute atomic E-state index is 0.0104. The van der Waals surface area contributed by atoms with E-state index >= 15 is 0 Å². The minimum Gasteiger partial charge on any atom is -0.506 e. The van der Waals surface area contributed by atoms with E-state index in [1.54, 1.807) is 30.3 Å². The maximum atomic E-state index is 11.9. The number of hydrogen-bond donors (Lipinski definition) is 3. The number of aromatic hydroxyl groups is 1. The Morgan fingerprint density at radius 1 is 1.15 bits per heavy atom. The van der Waals surface area contributed by atoms with Gasteiger partial charge >= 0.3 is 0 Å². The molecule has 6 nitrogen and oxygen atoms in total. The summed E-state index contributed by atoms with van der Waals surface area (Å²) in [6.07, 6.45) is 1.36. The average molecular weight is 568 g/mol. The van der Waals surface area contributed by atoms with Gasteiger partial charge in [0.1, 0.15) is 5.75 Å². The predicted octanol–water partition coefficient (Wildman–Crippen LogP) is 4.21. The molecule has 0 spiro atoms.